The summed E-state index contributed by atoms with van der Waals surface area (Å²) < 4.78 is 16.7. The molecule has 3 aromatic rings. The number of nitriles is 1. The summed E-state index contributed by atoms with van der Waals surface area (Å²) in [6.07, 6.45) is 5.83. The molecule has 1 saturated heterocycles. The van der Waals surface area contributed by atoms with Gasteiger partial charge in [0, 0.05) is 30.7 Å². The van der Waals surface area contributed by atoms with Gasteiger partial charge in [-0.05, 0) is 38.0 Å². The molecular formula is C24H24N6O4. The number of carbonyl (C=O) groups excluding carboxylic acids is 1. The predicted octanol–water partition coefficient (Wildman–Crippen LogP) is 2.89. The number of pyridine rings is 2. The van der Waals surface area contributed by atoms with Crippen molar-refractivity contribution < 1.29 is 19.0 Å². The van der Waals surface area contributed by atoms with Gasteiger partial charge in [-0.1, -0.05) is 0 Å². The quantitative estimate of drug-likeness (QED) is 0.546. The van der Waals surface area contributed by atoms with E-state index in [9.17, 15) is 10.1 Å². The van der Waals surface area contributed by atoms with Crippen molar-refractivity contribution in [3.8, 4) is 35.1 Å². The Balaban J connectivity index is 1.61. The van der Waals surface area contributed by atoms with E-state index in [1.165, 1.54) is 20.4 Å². The molecule has 3 aromatic heterocycles. The lowest BCUT2D eigenvalue weighted by Crippen LogP contribution is -2.49. The Morgan fingerprint density at radius 1 is 1.09 bits per heavy atom. The number of methoxy groups -OCH3 is 2. The minimum absolute atomic E-state index is 0.0145. The fourth-order valence-corrected chi connectivity index (χ4v) is 3.88. The molecule has 1 aliphatic rings. The Labute approximate surface area is 197 Å². The van der Waals surface area contributed by atoms with Gasteiger partial charge in [0.1, 0.15) is 23.4 Å². The van der Waals surface area contributed by atoms with E-state index in [0.717, 1.165) is 12.8 Å². The molecule has 174 valence electrons. The Hall–Kier alpha value is -4.26. The molecule has 4 rings (SSSR count). The maximum atomic E-state index is 13.7. The highest BCUT2D eigenvalue weighted by atomic mass is 16.5. The smallest absolute Gasteiger partial charge is 0.258 e. The number of hydrogen-bond acceptors (Lipinski definition) is 9. The van der Waals surface area contributed by atoms with E-state index in [4.69, 9.17) is 14.2 Å². The van der Waals surface area contributed by atoms with E-state index < -0.39 is 0 Å². The summed E-state index contributed by atoms with van der Waals surface area (Å²) >= 11 is 0. The number of nitrogens with zero attached hydrogens (tertiary/aromatic N) is 6. The van der Waals surface area contributed by atoms with Crippen LogP contribution in [0.5, 0.6) is 17.5 Å². The third-order valence-electron chi connectivity index (χ3n) is 5.66. The first kappa shape index (κ1) is 22.9. The number of carbonyl (C=O) groups is 1. The molecule has 10 nitrogen and oxygen atoms in total. The molecule has 0 aromatic carbocycles. The van der Waals surface area contributed by atoms with E-state index in [1.807, 2.05) is 6.92 Å². The van der Waals surface area contributed by atoms with Crippen LogP contribution in [0.3, 0.4) is 0 Å². The standard InChI is InChI=1S/C24H24N6O4/c1-15-5-6-17(34-23-21(33-3)16(13-25)9-12-28-23)14-30(15)24(31)18-7-8-19(32-2)29-20(18)22-26-10-4-11-27-22/h4,7-12,15,17H,5-6,14H2,1-3H3. The minimum atomic E-state index is -0.321. The largest absolute Gasteiger partial charge is 0.490 e. The van der Waals surface area contributed by atoms with E-state index in [2.05, 4.69) is 26.0 Å². The van der Waals surface area contributed by atoms with Crippen LogP contribution < -0.4 is 14.2 Å². The second-order valence-electron chi connectivity index (χ2n) is 7.75. The van der Waals surface area contributed by atoms with Crippen molar-refractivity contribution >= 4 is 5.91 Å². The van der Waals surface area contributed by atoms with Gasteiger partial charge in [0.2, 0.25) is 5.88 Å². The molecule has 0 aliphatic carbocycles. The topological polar surface area (TPSA) is 123 Å². The van der Waals surface area contributed by atoms with Crippen molar-refractivity contribution in [3.05, 3.63) is 54.0 Å². The van der Waals surface area contributed by atoms with Crippen LogP contribution in [0.25, 0.3) is 11.5 Å². The molecule has 0 saturated carbocycles. The fourth-order valence-electron chi connectivity index (χ4n) is 3.88. The van der Waals surface area contributed by atoms with Gasteiger partial charge < -0.3 is 19.1 Å². The van der Waals surface area contributed by atoms with Gasteiger partial charge in [-0.15, -0.1) is 0 Å². The molecule has 10 heteroatoms. The average Bonchev–Trinajstić information content (AvgIpc) is 2.89. The van der Waals surface area contributed by atoms with Crippen LogP contribution in [0.4, 0.5) is 0 Å². The van der Waals surface area contributed by atoms with Crippen LogP contribution in [0.1, 0.15) is 35.7 Å². The highest BCUT2D eigenvalue weighted by Crippen LogP contribution is 2.32. The summed E-state index contributed by atoms with van der Waals surface area (Å²) in [5.41, 5.74) is 1.06. The van der Waals surface area contributed by atoms with Crippen molar-refractivity contribution in [1.82, 2.24) is 24.8 Å². The lowest BCUT2D eigenvalue weighted by molar-refractivity contribution is 0.0366. The molecular weight excluding hydrogens is 436 g/mol. The number of hydrogen-bond donors (Lipinski definition) is 0. The van der Waals surface area contributed by atoms with Crippen LogP contribution >= 0.6 is 0 Å². The maximum absolute atomic E-state index is 13.7. The van der Waals surface area contributed by atoms with Gasteiger partial charge in [0.25, 0.3) is 11.8 Å². The summed E-state index contributed by atoms with van der Waals surface area (Å²) in [7, 11) is 2.98. The Morgan fingerprint density at radius 3 is 2.59 bits per heavy atom. The molecule has 2 atom stereocenters. The van der Waals surface area contributed by atoms with Crippen LogP contribution in [0, 0.1) is 11.3 Å². The molecule has 0 spiro atoms. The van der Waals surface area contributed by atoms with Gasteiger partial charge >= 0.3 is 0 Å². The Bertz CT molecular complexity index is 1210. The van der Waals surface area contributed by atoms with Crippen LogP contribution in [-0.2, 0) is 0 Å². The summed E-state index contributed by atoms with van der Waals surface area (Å²) in [4.78, 5) is 32.6. The summed E-state index contributed by atoms with van der Waals surface area (Å²) in [6.45, 7) is 2.33. The first-order valence-electron chi connectivity index (χ1n) is 10.8. The monoisotopic (exact) mass is 460 g/mol. The van der Waals surface area contributed by atoms with Gasteiger partial charge in [-0.25, -0.2) is 19.9 Å². The lowest BCUT2D eigenvalue weighted by atomic mass is 9.99. The number of amides is 1. The van der Waals surface area contributed by atoms with E-state index in [0.29, 0.717) is 35.1 Å². The molecule has 0 N–H and O–H groups in total. The number of likely N-dealkylation sites (tertiary alicyclic amines) is 1. The van der Waals surface area contributed by atoms with Crippen molar-refractivity contribution in [2.24, 2.45) is 0 Å². The molecule has 34 heavy (non-hydrogen) atoms. The van der Waals surface area contributed by atoms with E-state index in [-0.39, 0.29) is 29.7 Å². The zero-order chi connectivity index (χ0) is 24.1. The molecule has 0 radical (unpaired) electrons. The maximum Gasteiger partial charge on any atom is 0.258 e. The first-order valence-corrected chi connectivity index (χ1v) is 10.8. The van der Waals surface area contributed by atoms with Crippen molar-refractivity contribution in [2.45, 2.75) is 31.9 Å². The summed E-state index contributed by atoms with van der Waals surface area (Å²) in [6, 6.07) is 8.64. The highest BCUT2D eigenvalue weighted by Gasteiger charge is 2.33. The van der Waals surface area contributed by atoms with E-state index in [1.54, 1.807) is 41.6 Å². The second-order valence-corrected chi connectivity index (χ2v) is 7.75. The van der Waals surface area contributed by atoms with Crippen LogP contribution in [-0.4, -0.2) is 63.7 Å². The van der Waals surface area contributed by atoms with Gasteiger partial charge in [-0.3, -0.25) is 4.79 Å². The zero-order valence-electron chi connectivity index (χ0n) is 19.1. The zero-order valence-corrected chi connectivity index (χ0v) is 19.1. The number of aromatic nitrogens is 4. The molecule has 4 heterocycles. The number of ether oxygens (including phenoxy) is 3. The lowest BCUT2D eigenvalue weighted by Gasteiger charge is -2.38. The SMILES string of the molecule is COc1ccc(C(=O)N2CC(Oc3nccc(C#N)c3OC)CCC2C)c(-c2ncccn2)n1. The van der Waals surface area contributed by atoms with Crippen molar-refractivity contribution in [2.75, 3.05) is 20.8 Å². The minimum Gasteiger partial charge on any atom is -0.490 e. The van der Waals surface area contributed by atoms with E-state index >= 15 is 0 Å². The third-order valence-corrected chi connectivity index (χ3v) is 5.66. The fraction of sp³-hybridized carbons (Fsp3) is 0.333. The first-order chi connectivity index (χ1) is 16.5. The number of rotatable bonds is 6. The summed E-state index contributed by atoms with van der Waals surface area (Å²) in [5.74, 6) is 1.01. The summed E-state index contributed by atoms with van der Waals surface area (Å²) in [5, 5.41) is 9.32. The van der Waals surface area contributed by atoms with Crippen LogP contribution in [0.2, 0.25) is 0 Å². The molecule has 2 unspecified atom stereocenters. The molecule has 0 bridgehead atoms. The highest BCUT2D eigenvalue weighted by molar-refractivity contribution is 5.99. The Morgan fingerprint density at radius 2 is 1.88 bits per heavy atom. The molecule has 1 aliphatic heterocycles. The number of piperidine rings is 1. The van der Waals surface area contributed by atoms with Crippen LogP contribution in [0.15, 0.2) is 42.9 Å². The van der Waals surface area contributed by atoms with Crippen molar-refractivity contribution in [1.29, 1.82) is 5.26 Å². The molecule has 1 fully saturated rings. The molecule has 1 amide bonds. The average molecular weight is 460 g/mol. The van der Waals surface area contributed by atoms with Gasteiger partial charge in [0.15, 0.2) is 11.6 Å². The normalized spacial score (nSPS) is 17.5. The third kappa shape index (κ3) is 4.59. The van der Waals surface area contributed by atoms with Crippen molar-refractivity contribution in [3.63, 3.8) is 0 Å². The Kier molecular flexibility index (Phi) is 6.82. The second kappa shape index (κ2) is 10.1. The predicted molar refractivity (Wildman–Crippen MR) is 121 cm³/mol. The van der Waals surface area contributed by atoms with Gasteiger partial charge in [-0.2, -0.15) is 5.26 Å². The van der Waals surface area contributed by atoms with Gasteiger partial charge in [0.05, 0.1) is 26.3 Å².